The quantitative estimate of drug-likeness (QED) is 0.491. The Morgan fingerprint density at radius 2 is 1.92 bits per heavy atom. The van der Waals surface area contributed by atoms with Crippen LogP contribution in [0.5, 0.6) is 0 Å². The number of nitrogens with two attached hydrogens (primary N) is 1. The number of nitrogens with one attached hydrogen (secondary N) is 1. The number of halogens is 1. The minimum atomic E-state index is -0.0893. The highest BCUT2D eigenvalue weighted by Gasteiger charge is 2.56. The average molecular weight is 546 g/mol. The van der Waals surface area contributed by atoms with Crippen molar-refractivity contribution in [3.05, 3.63) is 76.6 Å². The molecule has 1 aromatic heterocycles. The average Bonchev–Trinajstić information content (AvgIpc) is 3.40. The van der Waals surface area contributed by atoms with Gasteiger partial charge in [0.2, 0.25) is 5.91 Å². The molecule has 2 aliphatic carbocycles. The van der Waals surface area contributed by atoms with Gasteiger partial charge < -0.3 is 10.2 Å². The molecule has 39 heavy (non-hydrogen) atoms. The molecule has 3 N–H and O–H groups in total. The number of benzene rings is 1. The van der Waals surface area contributed by atoms with E-state index in [2.05, 4.69) is 52.6 Å². The Labute approximate surface area is 238 Å². The van der Waals surface area contributed by atoms with Crippen molar-refractivity contribution in [2.75, 3.05) is 19.6 Å². The van der Waals surface area contributed by atoms with Gasteiger partial charge in [-0.25, -0.2) is 0 Å². The highest BCUT2D eigenvalue weighted by Crippen LogP contribution is 2.46. The first kappa shape index (κ1) is 26.8. The second kappa shape index (κ2) is 11.2. The lowest BCUT2D eigenvalue weighted by atomic mass is 9.64. The summed E-state index contributed by atoms with van der Waals surface area (Å²) in [5.41, 5.74) is 6.25. The number of fused-ring (bicyclic) bond motifs is 2. The molecule has 1 spiro atoms. The first-order valence-electron chi connectivity index (χ1n) is 15.3. The van der Waals surface area contributed by atoms with Crippen molar-refractivity contribution in [3.8, 4) is 0 Å². The Balaban J connectivity index is 1.32. The molecule has 4 nitrogen and oxygen atoms in total. The van der Waals surface area contributed by atoms with Gasteiger partial charge >= 0.3 is 0 Å². The number of pyridine rings is 1. The van der Waals surface area contributed by atoms with E-state index >= 15 is 0 Å². The summed E-state index contributed by atoms with van der Waals surface area (Å²) in [5, 5.41) is 3.08. The van der Waals surface area contributed by atoms with Crippen molar-refractivity contribution in [1.82, 2.24) is 4.90 Å². The first-order valence-corrected chi connectivity index (χ1v) is 15.6. The molecule has 6 rings (SSSR count). The summed E-state index contributed by atoms with van der Waals surface area (Å²) in [5.74, 6) is 1.49. The summed E-state index contributed by atoms with van der Waals surface area (Å²) in [6.07, 6.45) is 15.7. The van der Waals surface area contributed by atoms with E-state index in [1.807, 2.05) is 18.2 Å². The van der Waals surface area contributed by atoms with E-state index in [1.54, 1.807) is 0 Å². The Hall–Kier alpha value is -2.43. The van der Waals surface area contributed by atoms with E-state index in [-0.39, 0.29) is 11.3 Å². The van der Waals surface area contributed by atoms with Crippen LogP contribution in [-0.4, -0.2) is 36.5 Å². The molecule has 3 heterocycles. The second-order valence-electron chi connectivity index (χ2n) is 12.5. The lowest BCUT2D eigenvalue weighted by molar-refractivity contribution is -0.640. The molecular weight excluding hydrogens is 502 g/mol. The molecule has 206 valence electrons. The lowest BCUT2D eigenvalue weighted by Crippen LogP contribution is -2.82. The Kier molecular flexibility index (Phi) is 7.70. The molecule has 1 amide bonds. The van der Waals surface area contributed by atoms with Gasteiger partial charge in [0.15, 0.2) is 5.69 Å². The normalized spacial score (nSPS) is 29.3. The molecule has 3 fully saturated rings. The number of nitrogens with zero attached hydrogens (tertiary/aromatic N) is 1. The molecule has 2 saturated heterocycles. The summed E-state index contributed by atoms with van der Waals surface area (Å²) in [6.45, 7) is 10.9. The summed E-state index contributed by atoms with van der Waals surface area (Å²) in [7, 11) is 0. The Morgan fingerprint density at radius 1 is 1.08 bits per heavy atom. The van der Waals surface area contributed by atoms with E-state index in [0.29, 0.717) is 28.9 Å². The zero-order chi connectivity index (χ0) is 27.0. The number of aromatic nitrogens is 1. The van der Waals surface area contributed by atoms with Crippen LogP contribution in [0.2, 0.25) is 5.15 Å². The molecule has 1 saturated carbocycles. The third-order valence-electron chi connectivity index (χ3n) is 10.6. The molecule has 5 heteroatoms. The van der Waals surface area contributed by atoms with Gasteiger partial charge in [0.25, 0.3) is 5.15 Å². The highest BCUT2D eigenvalue weighted by atomic mass is 35.5. The summed E-state index contributed by atoms with van der Waals surface area (Å²) < 4.78 is 0. The van der Waals surface area contributed by atoms with Crippen LogP contribution in [0.3, 0.4) is 0 Å². The maximum absolute atomic E-state index is 14.7. The number of hydrogen-bond acceptors (Lipinski definition) is 1. The lowest BCUT2D eigenvalue weighted by Gasteiger charge is -2.47. The smallest absolute Gasteiger partial charge is 0.273 e. The van der Waals surface area contributed by atoms with Gasteiger partial charge in [-0.2, -0.15) is 4.98 Å². The molecule has 2 aliphatic heterocycles. The topological polar surface area (TPSA) is 51.1 Å². The summed E-state index contributed by atoms with van der Waals surface area (Å²) in [6, 6.07) is 11.1. The van der Waals surface area contributed by atoms with Crippen LogP contribution >= 0.6 is 11.6 Å². The number of quaternary nitrogens is 1. The zero-order valence-electron chi connectivity index (χ0n) is 23.3. The van der Waals surface area contributed by atoms with Gasteiger partial charge in [0.05, 0.1) is 18.5 Å². The number of amides is 1. The fourth-order valence-corrected chi connectivity index (χ4v) is 8.94. The minimum Gasteiger partial charge on any atom is -0.345 e. The second-order valence-corrected chi connectivity index (χ2v) is 12.9. The van der Waals surface area contributed by atoms with Gasteiger partial charge in [-0.3, -0.25) is 4.79 Å². The van der Waals surface area contributed by atoms with Crippen molar-refractivity contribution in [2.24, 2.45) is 11.8 Å². The van der Waals surface area contributed by atoms with Crippen molar-refractivity contribution in [1.29, 1.82) is 0 Å². The molecule has 0 bridgehead atoms. The Morgan fingerprint density at radius 3 is 2.72 bits per heavy atom. The van der Waals surface area contributed by atoms with Crippen LogP contribution in [0.25, 0.3) is 12.2 Å². The maximum atomic E-state index is 14.7. The predicted octanol–water partition coefficient (Wildman–Crippen LogP) is 5.56. The minimum absolute atomic E-state index is 0.0293. The van der Waals surface area contributed by atoms with Gasteiger partial charge in [-0.05, 0) is 84.7 Å². The standard InChI is InChI=1S/C34H42ClN3O/c1-3-23-12-8-13-27(26(23)4-2)25-17-19-38(31(20-25)24-10-6-5-7-11-24)33(39)29-21-36-22-34(29)18-9-14-30-28(34)15-16-32(35)37-30/h3-4,8,12-13,15-16,24-25,29,31,36H,1-2,5-7,9-11,14,17-22H2/p+2/t25?,29-,31?,34-/m0/s1. The number of carbonyl (C=O) groups excluding carboxylic acids is 1. The number of aromatic amines is 1. The fourth-order valence-electron chi connectivity index (χ4n) is 8.77. The molecule has 1 aromatic carbocycles. The van der Waals surface area contributed by atoms with E-state index in [9.17, 15) is 4.79 Å². The third-order valence-corrected chi connectivity index (χ3v) is 10.8. The molecule has 2 unspecified atom stereocenters. The van der Waals surface area contributed by atoms with Gasteiger partial charge in [-0.15, -0.1) is 0 Å². The fraction of sp³-hybridized carbons (Fsp3) is 0.529. The summed E-state index contributed by atoms with van der Waals surface area (Å²) in [4.78, 5) is 20.5. The van der Waals surface area contributed by atoms with E-state index in [4.69, 9.17) is 11.6 Å². The van der Waals surface area contributed by atoms with Gasteiger partial charge in [0, 0.05) is 30.6 Å². The van der Waals surface area contributed by atoms with E-state index < -0.39 is 0 Å². The van der Waals surface area contributed by atoms with Crippen LogP contribution in [0.15, 0.2) is 43.5 Å². The van der Waals surface area contributed by atoms with Crippen LogP contribution in [0.4, 0.5) is 0 Å². The number of rotatable bonds is 5. The SMILES string of the molecule is C=Cc1cccc(C2CCN(C(=O)[C@@H]3C[NH2+]C[C@]34CCCc3[nH+]c(Cl)ccc34)C(C3CCCCC3)C2)c1C=C. The predicted molar refractivity (Wildman–Crippen MR) is 158 cm³/mol. The maximum Gasteiger partial charge on any atom is 0.273 e. The summed E-state index contributed by atoms with van der Waals surface area (Å²) >= 11 is 6.35. The highest BCUT2D eigenvalue weighted by molar-refractivity contribution is 6.28. The van der Waals surface area contributed by atoms with Crippen LogP contribution < -0.4 is 10.3 Å². The number of H-pyrrole nitrogens is 1. The number of hydrogen-bond donors (Lipinski definition) is 1. The molecular formula is C34H44ClN3O+2. The molecule has 4 atom stereocenters. The van der Waals surface area contributed by atoms with Crippen LogP contribution in [0, 0.1) is 11.8 Å². The molecule has 2 aromatic rings. The van der Waals surface area contributed by atoms with Crippen LogP contribution in [-0.2, 0) is 16.6 Å². The number of piperidine rings is 1. The van der Waals surface area contributed by atoms with E-state index in [0.717, 1.165) is 57.3 Å². The van der Waals surface area contributed by atoms with Crippen molar-refractivity contribution >= 4 is 29.7 Å². The van der Waals surface area contributed by atoms with Gasteiger partial charge in [-0.1, -0.05) is 62.8 Å². The number of aryl methyl sites for hydroxylation is 1. The number of likely N-dealkylation sites (tertiary alicyclic amines) is 1. The third kappa shape index (κ3) is 4.78. The largest absolute Gasteiger partial charge is 0.345 e. The van der Waals surface area contributed by atoms with Crippen molar-refractivity contribution in [2.45, 2.75) is 81.6 Å². The van der Waals surface area contributed by atoms with Crippen molar-refractivity contribution < 1.29 is 15.1 Å². The Bertz CT molecular complexity index is 1250. The van der Waals surface area contributed by atoms with Crippen molar-refractivity contribution in [3.63, 3.8) is 0 Å². The van der Waals surface area contributed by atoms with Gasteiger partial charge in [0.1, 0.15) is 5.92 Å². The first-order chi connectivity index (χ1) is 19.1. The molecule has 4 aliphatic rings. The molecule has 0 radical (unpaired) electrons. The monoisotopic (exact) mass is 545 g/mol. The van der Waals surface area contributed by atoms with E-state index in [1.165, 1.54) is 54.5 Å². The van der Waals surface area contributed by atoms with Crippen LogP contribution in [0.1, 0.15) is 91.7 Å². The zero-order valence-corrected chi connectivity index (χ0v) is 24.0. The number of carbonyl (C=O) groups is 1.